The number of benzene rings is 3. The van der Waals surface area contributed by atoms with Gasteiger partial charge in [0.2, 0.25) is 0 Å². The van der Waals surface area contributed by atoms with Gasteiger partial charge in [0.1, 0.15) is 0 Å². The molecular weight excluding hydrogens is 384 g/mol. The van der Waals surface area contributed by atoms with Crippen LogP contribution < -0.4 is 10.0 Å². The highest BCUT2D eigenvalue weighted by Gasteiger charge is 2.18. The van der Waals surface area contributed by atoms with Crippen molar-refractivity contribution in [1.29, 1.82) is 0 Å². The zero-order valence-electron chi connectivity index (χ0n) is 16.4. The molecule has 3 aromatic rings. The van der Waals surface area contributed by atoms with Crippen LogP contribution in [0.3, 0.4) is 0 Å². The number of rotatable bonds is 7. The van der Waals surface area contributed by atoms with Crippen molar-refractivity contribution in [3.63, 3.8) is 0 Å². The van der Waals surface area contributed by atoms with Crippen LogP contribution in [0.25, 0.3) is 0 Å². The van der Waals surface area contributed by atoms with Gasteiger partial charge in [-0.3, -0.25) is 9.52 Å². The Morgan fingerprint density at radius 3 is 2.14 bits per heavy atom. The van der Waals surface area contributed by atoms with Gasteiger partial charge in [-0.25, -0.2) is 8.42 Å². The van der Waals surface area contributed by atoms with Crippen LogP contribution in [-0.2, 0) is 16.6 Å². The summed E-state index contributed by atoms with van der Waals surface area (Å²) >= 11 is 0. The smallest absolute Gasteiger partial charge is 0.261 e. The molecule has 5 nitrogen and oxygen atoms in total. The molecule has 0 atom stereocenters. The third kappa shape index (κ3) is 5.23. The number of para-hydroxylation sites is 1. The molecule has 0 aromatic heterocycles. The molecule has 0 heterocycles. The number of hydrogen-bond donors (Lipinski definition) is 2. The quantitative estimate of drug-likeness (QED) is 0.603. The van der Waals surface area contributed by atoms with Gasteiger partial charge in [-0.1, -0.05) is 68.4 Å². The molecule has 0 radical (unpaired) electrons. The number of hydrogen-bond acceptors (Lipinski definition) is 3. The fourth-order valence-electron chi connectivity index (χ4n) is 2.88. The molecule has 3 aromatic carbocycles. The van der Waals surface area contributed by atoms with Crippen LogP contribution in [0.2, 0.25) is 0 Å². The Kier molecular flexibility index (Phi) is 6.34. The van der Waals surface area contributed by atoms with Crippen molar-refractivity contribution in [3.8, 4) is 0 Å². The summed E-state index contributed by atoms with van der Waals surface area (Å²) in [6.45, 7) is 4.45. The van der Waals surface area contributed by atoms with Gasteiger partial charge in [0.05, 0.1) is 16.1 Å². The molecular formula is C23H24N2O3S. The summed E-state index contributed by atoms with van der Waals surface area (Å²) in [6, 6.07) is 22.9. The van der Waals surface area contributed by atoms with Crippen molar-refractivity contribution in [1.82, 2.24) is 5.32 Å². The minimum absolute atomic E-state index is 0.154. The van der Waals surface area contributed by atoms with E-state index in [1.54, 1.807) is 48.5 Å². The number of carbonyl (C=O) groups excluding carboxylic acids is 1. The summed E-state index contributed by atoms with van der Waals surface area (Å²) in [7, 11) is -3.81. The molecule has 2 N–H and O–H groups in total. The maximum absolute atomic E-state index is 12.8. The zero-order chi connectivity index (χ0) is 20.9. The highest BCUT2D eigenvalue weighted by atomic mass is 32.2. The topological polar surface area (TPSA) is 75.3 Å². The number of nitrogens with one attached hydrogen (secondary N) is 2. The lowest BCUT2D eigenvalue weighted by Gasteiger charge is -2.13. The molecule has 0 fully saturated rings. The fourth-order valence-corrected chi connectivity index (χ4v) is 3.96. The Hall–Kier alpha value is -3.12. The molecule has 0 aliphatic carbocycles. The van der Waals surface area contributed by atoms with E-state index in [0.29, 0.717) is 12.5 Å². The second-order valence-electron chi connectivity index (χ2n) is 7.04. The predicted molar refractivity (Wildman–Crippen MR) is 115 cm³/mol. The minimum Gasteiger partial charge on any atom is -0.348 e. The summed E-state index contributed by atoms with van der Waals surface area (Å²) in [5, 5.41) is 2.83. The van der Waals surface area contributed by atoms with E-state index in [1.165, 1.54) is 0 Å². The lowest BCUT2D eigenvalue weighted by molar-refractivity contribution is 0.0952. The van der Waals surface area contributed by atoms with Crippen LogP contribution in [0.4, 0.5) is 5.69 Å². The average molecular weight is 409 g/mol. The Labute approximate surface area is 171 Å². The normalized spacial score (nSPS) is 11.3. The van der Waals surface area contributed by atoms with Gasteiger partial charge < -0.3 is 5.32 Å². The van der Waals surface area contributed by atoms with Gasteiger partial charge >= 0.3 is 0 Å². The zero-order valence-corrected chi connectivity index (χ0v) is 17.2. The molecule has 0 aliphatic heterocycles. The van der Waals surface area contributed by atoms with Crippen LogP contribution in [0.5, 0.6) is 0 Å². The van der Waals surface area contributed by atoms with E-state index >= 15 is 0 Å². The van der Waals surface area contributed by atoms with E-state index in [4.69, 9.17) is 0 Å². The van der Waals surface area contributed by atoms with Gasteiger partial charge in [-0.05, 0) is 41.3 Å². The molecule has 0 bridgehead atoms. The van der Waals surface area contributed by atoms with Crippen LogP contribution >= 0.6 is 0 Å². The number of amides is 1. The standard InChI is InChI=1S/C23H24N2O3S/c1-17(2)19-12-14-20(15-13-19)29(27,28)25-22-11-7-6-10-21(22)23(26)24-16-18-8-4-3-5-9-18/h3-15,17,25H,16H2,1-2H3,(H,24,26). The van der Waals surface area contributed by atoms with Crippen molar-refractivity contribution >= 4 is 21.6 Å². The van der Waals surface area contributed by atoms with E-state index in [1.807, 2.05) is 44.2 Å². The van der Waals surface area contributed by atoms with Gasteiger partial charge in [0, 0.05) is 6.54 Å². The first kappa shape index (κ1) is 20.6. The average Bonchev–Trinajstić information content (AvgIpc) is 2.73. The third-order valence-electron chi connectivity index (χ3n) is 4.57. The van der Waals surface area contributed by atoms with Crippen LogP contribution in [-0.4, -0.2) is 14.3 Å². The second kappa shape index (κ2) is 8.92. The first-order valence-corrected chi connectivity index (χ1v) is 10.9. The maximum atomic E-state index is 12.8. The predicted octanol–water partition coefficient (Wildman–Crippen LogP) is 4.54. The number of sulfonamides is 1. The van der Waals surface area contributed by atoms with Gasteiger partial charge in [0.25, 0.3) is 15.9 Å². The van der Waals surface area contributed by atoms with Gasteiger partial charge in [0.15, 0.2) is 0 Å². The molecule has 0 unspecified atom stereocenters. The molecule has 0 saturated carbocycles. The second-order valence-corrected chi connectivity index (χ2v) is 8.73. The largest absolute Gasteiger partial charge is 0.348 e. The fraction of sp³-hybridized carbons (Fsp3) is 0.174. The number of carbonyl (C=O) groups is 1. The summed E-state index contributed by atoms with van der Waals surface area (Å²) in [5.41, 5.74) is 2.53. The Morgan fingerprint density at radius 1 is 0.862 bits per heavy atom. The lowest BCUT2D eigenvalue weighted by atomic mass is 10.0. The summed E-state index contributed by atoms with van der Waals surface area (Å²) in [5.74, 6) is -0.0314. The van der Waals surface area contributed by atoms with E-state index in [2.05, 4.69) is 10.0 Å². The Balaban J connectivity index is 1.78. The molecule has 150 valence electrons. The summed E-state index contributed by atoms with van der Waals surface area (Å²) in [4.78, 5) is 12.8. The van der Waals surface area contributed by atoms with Crippen LogP contribution in [0.15, 0.2) is 83.8 Å². The van der Waals surface area contributed by atoms with Crippen molar-refractivity contribution in [2.45, 2.75) is 31.2 Å². The molecule has 0 spiro atoms. The Bertz CT molecular complexity index is 1080. The lowest BCUT2D eigenvalue weighted by Crippen LogP contribution is -2.25. The van der Waals surface area contributed by atoms with E-state index in [-0.39, 0.29) is 22.1 Å². The highest BCUT2D eigenvalue weighted by molar-refractivity contribution is 7.92. The van der Waals surface area contributed by atoms with Gasteiger partial charge in [-0.15, -0.1) is 0 Å². The Morgan fingerprint density at radius 2 is 1.48 bits per heavy atom. The number of anilines is 1. The van der Waals surface area contributed by atoms with Gasteiger partial charge in [-0.2, -0.15) is 0 Å². The van der Waals surface area contributed by atoms with Crippen LogP contribution in [0, 0.1) is 0 Å². The third-order valence-corrected chi connectivity index (χ3v) is 5.95. The van der Waals surface area contributed by atoms with E-state index in [9.17, 15) is 13.2 Å². The monoisotopic (exact) mass is 408 g/mol. The SMILES string of the molecule is CC(C)c1ccc(S(=O)(=O)Nc2ccccc2C(=O)NCc2ccccc2)cc1. The maximum Gasteiger partial charge on any atom is 0.261 e. The van der Waals surface area contributed by atoms with E-state index < -0.39 is 10.0 Å². The molecule has 1 amide bonds. The molecule has 6 heteroatoms. The molecule has 0 saturated heterocycles. The summed E-state index contributed by atoms with van der Waals surface area (Å²) in [6.07, 6.45) is 0. The molecule has 29 heavy (non-hydrogen) atoms. The summed E-state index contributed by atoms with van der Waals surface area (Å²) < 4.78 is 28.1. The van der Waals surface area contributed by atoms with Crippen molar-refractivity contribution in [3.05, 3.63) is 95.6 Å². The van der Waals surface area contributed by atoms with Crippen molar-refractivity contribution in [2.75, 3.05) is 4.72 Å². The molecule has 3 rings (SSSR count). The minimum atomic E-state index is -3.81. The highest BCUT2D eigenvalue weighted by Crippen LogP contribution is 2.22. The molecule has 0 aliphatic rings. The van der Waals surface area contributed by atoms with E-state index in [0.717, 1.165) is 11.1 Å². The first-order valence-electron chi connectivity index (χ1n) is 9.41. The van der Waals surface area contributed by atoms with Crippen molar-refractivity contribution in [2.24, 2.45) is 0 Å². The van der Waals surface area contributed by atoms with Crippen LogP contribution in [0.1, 0.15) is 41.3 Å². The van der Waals surface area contributed by atoms with Crippen molar-refractivity contribution < 1.29 is 13.2 Å². The first-order chi connectivity index (χ1) is 13.9.